The average molecular weight is 456 g/mol. The summed E-state index contributed by atoms with van der Waals surface area (Å²) >= 11 is 1.11. The van der Waals surface area contributed by atoms with Gasteiger partial charge in [-0.15, -0.1) is 11.3 Å². The van der Waals surface area contributed by atoms with Crippen LogP contribution in [0.2, 0.25) is 0 Å². The molecule has 1 aromatic heterocycles. The zero-order valence-corrected chi connectivity index (χ0v) is 17.7. The molecule has 11 heteroatoms. The fourth-order valence-corrected chi connectivity index (χ4v) is 5.63. The van der Waals surface area contributed by atoms with Gasteiger partial charge < -0.3 is 15.4 Å². The number of hydrogen-bond acceptors (Lipinski definition) is 6. The molecule has 0 aliphatic carbocycles. The highest BCUT2D eigenvalue weighted by atomic mass is 32.2. The number of ether oxygens (including phenoxy) is 1. The van der Waals surface area contributed by atoms with Crippen LogP contribution in [0.15, 0.2) is 46.0 Å². The Morgan fingerprint density at radius 2 is 1.90 bits per heavy atom. The first-order chi connectivity index (χ1) is 14.4. The van der Waals surface area contributed by atoms with E-state index in [2.05, 4.69) is 10.6 Å². The maximum absolute atomic E-state index is 12.9. The van der Waals surface area contributed by atoms with Gasteiger partial charge in [0.15, 0.2) is 0 Å². The van der Waals surface area contributed by atoms with E-state index in [9.17, 15) is 22.4 Å². The predicted molar refractivity (Wildman–Crippen MR) is 109 cm³/mol. The van der Waals surface area contributed by atoms with Gasteiger partial charge in [-0.05, 0) is 42.0 Å². The van der Waals surface area contributed by atoms with Crippen molar-refractivity contribution in [3.63, 3.8) is 0 Å². The molecule has 1 aromatic carbocycles. The minimum atomic E-state index is -3.74. The Morgan fingerprint density at radius 1 is 1.17 bits per heavy atom. The lowest BCUT2D eigenvalue weighted by Crippen LogP contribution is -2.53. The van der Waals surface area contributed by atoms with Crippen molar-refractivity contribution < 1.29 is 27.1 Å². The van der Waals surface area contributed by atoms with E-state index in [1.807, 2.05) is 0 Å². The molecule has 162 valence electrons. The molecule has 1 saturated heterocycles. The third-order valence-electron chi connectivity index (χ3n) is 4.47. The zero-order valence-electron chi connectivity index (χ0n) is 16.0. The van der Waals surface area contributed by atoms with Crippen molar-refractivity contribution in [2.45, 2.75) is 23.3 Å². The Balaban J connectivity index is 1.49. The molecule has 0 bridgehead atoms. The lowest BCUT2D eigenvalue weighted by atomic mass is 10.1. The van der Waals surface area contributed by atoms with Gasteiger partial charge in [-0.3, -0.25) is 9.59 Å². The second-order valence-corrected chi connectivity index (χ2v) is 9.63. The van der Waals surface area contributed by atoms with Crippen LogP contribution in [-0.4, -0.2) is 57.0 Å². The van der Waals surface area contributed by atoms with E-state index in [1.165, 1.54) is 22.5 Å². The number of hydrogen-bond donors (Lipinski definition) is 2. The molecule has 0 radical (unpaired) electrons. The quantitative estimate of drug-likeness (QED) is 0.609. The second kappa shape index (κ2) is 10.1. The topological polar surface area (TPSA) is 105 Å². The molecule has 0 unspecified atom stereocenters. The van der Waals surface area contributed by atoms with Crippen molar-refractivity contribution in [3.05, 3.63) is 53.2 Å². The fraction of sp³-hybridized carbons (Fsp3) is 0.368. The summed E-state index contributed by atoms with van der Waals surface area (Å²) in [6.07, 6.45) is 0.0957. The van der Waals surface area contributed by atoms with E-state index >= 15 is 0 Å². The molecule has 0 saturated carbocycles. The number of nitrogens with zero attached hydrogens (tertiary/aromatic N) is 1. The van der Waals surface area contributed by atoms with Crippen LogP contribution in [0.25, 0.3) is 0 Å². The predicted octanol–water partition coefficient (Wildman–Crippen LogP) is 1.10. The Hall–Kier alpha value is -2.34. The van der Waals surface area contributed by atoms with Crippen LogP contribution in [0.4, 0.5) is 4.39 Å². The van der Waals surface area contributed by atoms with Gasteiger partial charge in [0, 0.05) is 13.1 Å². The van der Waals surface area contributed by atoms with Crippen LogP contribution in [-0.2, 0) is 30.8 Å². The van der Waals surface area contributed by atoms with Crippen LogP contribution < -0.4 is 10.6 Å². The number of carbonyl (C=O) groups is 2. The van der Waals surface area contributed by atoms with Crippen molar-refractivity contribution in [1.29, 1.82) is 0 Å². The number of rotatable bonds is 7. The highest BCUT2D eigenvalue weighted by Crippen LogP contribution is 2.25. The van der Waals surface area contributed by atoms with E-state index in [0.29, 0.717) is 19.4 Å². The molecule has 0 spiro atoms. The van der Waals surface area contributed by atoms with E-state index < -0.39 is 28.1 Å². The van der Waals surface area contributed by atoms with Crippen molar-refractivity contribution in [1.82, 2.24) is 14.9 Å². The largest absolute Gasteiger partial charge is 0.360 e. The third kappa shape index (κ3) is 5.63. The molecule has 1 aliphatic heterocycles. The second-order valence-electron chi connectivity index (χ2n) is 6.57. The summed E-state index contributed by atoms with van der Waals surface area (Å²) in [6.45, 7) is 0.691. The third-order valence-corrected chi connectivity index (χ3v) is 7.73. The molecule has 8 nitrogen and oxygen atoms in total. The van der Waals surface area contributed by atoms with Gasteiger partial charge in [-0.1, -0.05) is 18.2 Å². The van der Waals surface area contributed by atoms with Crippen molar-refractivity contribution >= 4 is 33.2 Å². The monoisotopic (exact) mass is 455 g/mol. The first kappa shape index (κ1) is 22.3. The van der Waals surface area contributed by atoms with E-state index in [0.717, 1.165) is 16.9 Å². The van der Waals surface area contributed by atoms with E-state index in [1.54, 1.807) is 23.6 Å². The average Bonchev–Trinajstić information content (AvgIpc) is 3.29. The van der Waals surface area contributed by atoms with Crippen molar-refractivity contribution in [2.75, 3.05) is 26.2 Å². The number of nitrogens with one attached hydrogen (secondary N) is 2. The summed E-state index contributed by atoms with van der Waals surface area (Å²) in [6, 6.07) is 9.01. The fourth-order valence-electron chi connectivity index (χ4n) is 2.94. The molecule has 1 aliphatic rings. The van der Waals surface area contributed by atoms with Crippen LogP contribution in [0, 0.1) is 5.82 Å². The number of sulfonamides is 1. The molecule has 3 rings (SSSR count). The maximum atomic E-state index is 12.9. The summed E-state index contributed by atoms with van der Waals surface area (Å²) in [5.41, 5.74) is 0.821. The molecule has 1 fully saturated rings. The highest BCUT2D eigenvalue weighted by molar-refractivity contribution is 7.91. The van der Waals surface area contributed by atoms with Crippen molar-refractivity contribution in [3.8, 4) is 0 Å². The minimum Gasteiger partial charge on any atom is -0.360 e. The zero-order chi connectivity index (χ0) is 21.6. The summed E-state index contributed by atoms with van der Waals surface area (Å²) in [7, 11) is -3.74. The van der Waals surface area contributed by atoms with E-state index in [4.69, 9.17) is 4.74 Å². The standard InChI is InChI=1S/C19H22FN3O5S2/c20-15-6-4-14(5-7-15)8-9-21-18(24)19(25)22-13-16-23(10-2-11-28-16)30(26,27)17-3-1-12-29-17/h1,3-7,12,16H,2,8-11,13H2,(H,21,24)(H,22,25)/t16-/m0/s1. The number of thiophene rings is 1. The van der Waals surface area contributed by atoms with Crippen LogP contribution in [0.1, 0.15) is 12.0 Å². The van der Waals surface area contributed by atoms with Gasteiger partial charge in [0.1, 0.15) is 16.3 Å². The molecule has 2 amide bonds. The molecular weight excluding hydrogens is 433 g/mol. The van der Waals surface area contributed by atoms with Crippen LogP contribution in [0.5, 0.6) is 0 Å². The molecule has 2 heterocycles. The SMILES string of the molecule is O=C(NCCc1ccc(F)cc1)C(=O)NC[C@@H]1OCCCN1S(=O)(=O)c1cccs1. The lowest BCUT2D eigenvalue weighted by Gasteiger charge is -2.34. The molecule has 2 N–H and O–H groups in total. The molecule has 1 atom stereocenters. The van der Waals surface area contributed by atoms with Gasteiger partial charge in [-0.2, -0.15) is 4.31 Å². The molecular formula is C19H22FN3O5S2. The Kier molecular flexibility index (Phi) is 7.53. The van der Waals surface area contributed by atoms with Gasteiger partial charge >= 0.3 is 11.8 Å². The number of carbonyl (C=O) groups excluding carboxylic acids is 2. The van der Waals surface area contributed by atoms with Crippen LogP contribution in [0.3, 0.4) is 0 Å². The molecule has 2 aromatic rings. The Labute approximate surface area is 178 Å². The van der Waals surface area contributed by atoms with E-state index in [-0.39, 0.29) is 29.7 Å². The summed E-state index contributed by atoms with van der Waals surface area (Å²) in [5, 5.41) is 6.58. The van der Waals surface area contributed by atoms with Gasteiger partial charge in [0.2, 0.25) is 0 Å². The van der Waals surface area contributed by atoms with Gasteiger partial charge in [0.25, 0.3) is 10.0 Å². The smallest absolute Gasteiger partial charge is 0.309 e. The maximum Gasteiger partial charge on any atom is 0.309 e. The lowest BCUT2D eigenvalue weighted by molar-refractivity contribution is -0.140. The Morgan fingerprint density at radius 3 is 2.60 bits per heavy atom. The van der Waals surface area contributed by atoms with Gasteiger partial charge in [-0.25, -0.2) is 12.8 Å². The summed E-state index contributed by atoms with van der Waals surface area (Å²) < 4.78 is 45.4. The molecule has 30 heavy (non-hydrogen) atoms. The van der Waals surface area contributed by atoms with Gasteiger partial charge in [0.05, 0.1) is 13.2 Å². The first-order valence-corrected chi connectivity index (χ1v) is 11.7. The minimum absolute atomic E-state index is 0.144. The number of amides is 2. The first-order valence-electron chi connectivity index (χ1n) is 9.35. The number of benzene rings is 1. The Bertz CT molecular complexity index is 965. The van der Waals surface area contributed by atoms with Crippen molar-refractivity contribution in [2.24, 2.45) is 0 Å². The number of halogens is 1. The highest BCUT2D eigenvalue weighted by Gasteiger charge is 2.35. The van der Waals surface area contributed by atoms with Crippen LogP contribution >= 0.6 is 11.3 Å². The summed E-state index contributed by atoms with van der Waals surface area (Å²) in [5.74, 6) is -2.06. The normalized spacial score (nSPS) is 17.4. The summed E-state index contributed by atoms with van der Waals surface area (Å²) in [4.78, 5) is 24.0.